The summed E-state index contributed by atoms with van der Waals surface area (Å²) in [5.74, 6) is 17.8. The van der Waals surface area contributed by atoms with E-state index in [1.165, 1.54) is 0 Å². The van der Waals surface area contributed by atoms with Crippen molar-refractivity contribution >= 4 is 10.8 Å². The Bertz CT molecular complexity index is 865. The molecule has 6 heteroatoms. The molecule has 0 saturated heterocycles. The van der Waals surface area contributed by atoms with Gasteiger partial charge in [0.1, 0.15) is 0 Å². The highest BCUT2D eigenvalue weighted by Gasteiger charge is 2.18. The number of nitrogens with two attached hydrogens (primary N) is 3. The smallest absolute Gasteiger partial charge is 0.162 e. The normalized spacial score (nSPS) is 10.6. The molecule has 0 unspecified atom stereocenters. The summed E-state index contributed by atoms with van der Waals surface area (Å²) in [6.45, 7) is 1.95. The van der Waals surface area contributed by atoms with Crippen LogP contribution >= 0.6 is 0 Å². The van der Waals surface area contributed by atoms with Crippen molar-refractivity contribution in [2.75, 3.05) is 0 Å². The van der Waals surface area contributed by atoms with Gasteiger partial charge in [0.05, 0.1) is 0 Å². The summed E-state index contributed by atoms with van der Waals surface area (Å²) in [5, 5.41) is 1.57. The van der Waals surface area contributed by atoms with E-state index < -0.39 is 0 Å². The zero-order chi connectivity index (χ0) is 16.4. The van der Waals surface area contributed by atoms with Crippen molar-refractivity contribution < 1.29 is 14.5 Å². The molecule has 3 rings (SSSR count). The van der Waals surface area contributed by atoms with E-state index in [1.54, 1.807) is 6.07 Å². The van der Waals surface area contributed by atoms with Crippen molar-refractivity contribution in [1.82, 2.24) is 0 Å². The first-order valence-corrected chi connectivity index (χ1v) is 6.96. The summed E-state index contributed by atoms with van der Waals surface area (Å²) in [7, 11) is 0. The van der Waals surface area contributed by atoms with Gasteiger partial charge in [-0.3, -0.25) is 0 Å². The minimum Gasteiger partial charge on any atom is -0.411 e. The van der Waals surface area contributed by atoms with E-state index in [4.69, 9.17) is 32.2 Å². The van der Waals surface area contributed by atoms with Gasteiger partial charge in [0.25, 0.3) is 0 Å². The van der Waals surface area contributed by atoms with Crippen LogP contribution in [0.1, 0.15) is 5.56 Å². The van der Waals surface area contributed by atoms with Crippen LogP contribution in [0.4, 0.5) is 0 Å². The van der Waals surface area contributed by atoms with Gasteiger partial charge in [0.15, 0.2) is 17.2 Å². The molecule has 0 fully saturated rings. The lowest BCUT2D eigenvalue weighted by Gasteiger charge is -2.16. The molecule has 0 atom stereocenters. The van der Waals surface area contributed by atoms with Crippen molar-refractivity contribution in [3.8, 4) is 28.4 Å². The molecule has 0 bridgehead atoms. The third-order valence-electron chi connectivity index (χ3n) is 3.76. The average Bonchev–Trinajstić information content (AvgIpc) is 2.60. The number of aryl methyl sites for hydroxylation is 1. The highest BCUT2D eigenvalue weighted by Crippen LogP contribution is 2.44. The molecule has 3 aromatic carbocycles. The van der Waals surface area contributed by atoms with Crippen molar-refractivity contribution in [1.29, 1.82) is 0 Å². The van der Waals surface area contributed by atoms with Gasteiger partial charge in [-0.25, -0.2) is 0 Å². The molecule has 0 amide bonds. The highest BCUT2D eigenvalue weighted by molar-refractivity contribution is 6.00. The van der Waals surface area contributed by atoms with Gasteiger partial charge >= 0.3 is 0 Å². The van der Waals surface area contributed by atoms with E-state index in [0.29, 0.717) is 22.8 Å². The molecule has 3 aromatic rings. The lowest BCUT2D eigenvalue weighted by Crippen LogP contribution is -2.08. The second kappa shape index (κ2) is 6.13. The SMILES string of the molecule is Cc1ccc(-c2cc(ON)c3ccccc3c2ON)c(ON)c1. The summed E-state index contributed by atoms with van der Waals surface area (Å²) in [5.41, 5.74) is 2.41. The van der Waals surface area contributed by atoms with Crippen molar-refractivity contribution in [3.63, 3.8) is 0 Å². The molecule has 0 aromatic heterocycles. The summed E-state index contributed by atoms with van der Waals surface area (Å²) in [4.78, 5) is 15.2. The number of benzene rings is 3. The van der Waals surface area contributed by atoms with Gasteiger partial charge in [0, 0.05) is 21.9 Å². The van der Waals surface area contributed by atoms with Crippen molar-refractivity contribution in [2.24, 2.45) is 17.7 Å². The van der Waals surface area contributed by atoms with Crippen LogP contribution < -0.4 is 32.2 Å². The number of fused-ring (bicyclic) bond motifs is 1. The van der Waals surface area contributed by atoms with Gasteiger partial charge in [-0.1, -0.05) is 36.4 Å². The molecule has 0 aliphatic carbocycles. The van der Waals surface area contributed by atoms with Crippen LogP contribution in [0.3, 0.4) is 0 Å². The Kier molecular flexibility index (Phi) is 4.03. The van der Waals surface area contributed by atoms with Gasteiger partial charge in [-0.15, -0.1) is 0 Å². The predicted octanol–water partition coefficient (Wildman–Crippen LogP) is 2.57. The summed E-state index contributed by atoms with van der Waals surface area (Å²) in [6.07, 6.45) is 0. The van der Waals surface area contributed by atoms with Crippen LogP contribution in [0.2, 0.25) is 0 Å². The largest absolute Gasteiger partial charge is 0.411 e. The van der Waals surface area contributed by atoms with Crippen molar-refractivity contribution in [3.05, 3.63) is 54.1 Å². The molecule has 0 saturated carbocycles. The Balaban J connectivity index is 2.37. The number of hydrogen-bond donors (Lipinski definition) is 3. The van der Waals surface area contributed by atoms with Crippen LogP contribution in [0.15, 0.2) is 48.5 Å². The molecule has 0 radical (unpaired) electrons. The second-order valence-electron chi connectivity index (χ2n) is 5.15. The van der Waals surface area contributed by atoms with Gasteiger partial charge in [0.2, 0.25) is 0 Å². The first kappa shape index (κ1) is 15.1. The number of hydrogen-bond acceptors (Lipinski definition) is 6. The van der Waals surface area contributed by atoms with E-state index >= 15 is 0 Å². The van der Waals surface area contributed by atoms with Gasteiger partial charge in [-0.05, 0) is 24.6 Å². The van der Waals surface area contributed by atoms with E-state index in [1.807, 2.05) is 49.4 Å². The highest BCUT2D eigenvalue weighted by atomic mass is 16.6. The van der Waals surface area contributed by atoms with Crippen LogP contribution in [0.5, 0.6) is 17.2 Å². The fraction of sp³-hybridized carbons (Fsp3) is 0.0588. The second-order valence-corrected chi connectivity index (χ2v) is 5.15. The van der Waals surface area contributed by atoms with E-state index in [2.05, 4.69) is 0 Å². The molecule has 0 heterocycles. The quantitative estimate of drug-likeness (QED) is 0.639. The molecule has 0 aliphatic heterocycles. The van der Waals surface area contributed by atoms with E-state index in [0.717, 1.165) is 21.9 Å². The fourth-order valence-electron chi connectivity index (χ4n) is 2.69. The van der Waals surface area contributed by atoms with Crippen molar-refractivity contribution in [2.45, 2.75) is 6.92 Å². The van der Waals surface area contributed by atoms with Crippen LogP contribution in [0.25, 0.3) is 21.9 Å². The Morgan fingerprint density at radius 1 is 0.696 bits per heavy atom. The standard InChI is InChI=1S/C17H17N3O3/c1-10-6-7-12(15(8-10)21-18)14-9-16(22-19)11-4-2-3-5-13(11)17(14)23-20/h2-9H,18-20H2,1H3. The number of rotatable bonds is 4. The minimum absolute atomic E-state index is 0.489. The minimum atomic E-state index is 0.489. The first-order chi connectivity index (χ1) is 11.2. The first-order valence-electron chi connectivity index (χ1n) is 6.96. The van der Waals surface area contributed by atoms with Gasteiger partial charge < -0.3 is 14.5 Å². The lowest BCUT2D eigenvalue weighted by molar-refractivity contribution is 0.329. The predicted molar refractivity (Wildman–Crippen MR) is 88.6 cm³/mol. The topological polar surface area (TPSA) is 106 Å². The molecule has 0 aliphatic rings. The van der Waals surface area contributed by atoms with Gasteiger partial charge in [-0.2, -0.15) is 17.7 Å². The van der Waals surface area contributed by atoms with Crippen LogP contribution in [0, 0.1) is 6.92 Å². The molecule has 6 nitrogen and oxygen atoms in total. The average molecular weight is 311 g/mol. The Morgan fingerprint density at radius 3 is 2.04 bits per heavy atom. The summed E-state index contributed by atoms with van der Waals surface area (Å²) < 4.78 is 0. The molecule has 118 valence electrons. The molecular formula is C17H17N3O3. The molecular weight excluding hydrogens is 294 g/mol. The maximum Gasteiger partial charge on any atom is 0.162 e. The Morgan fingerprint density at radius 2 is 1.39 bits per heavy atom. The Hall–Kier alpha value is -2.80. The molecule has 0 spiro atoms. The zero-order valence-corrected chi connectivity index (χ0v) is 12.6. The zero-order valence-electron chi connectivity index (χ0n) is 12.6. The Labute approximate surface area is 133 Å². The maximum atomic E-state index is 5.52. The summed E-state index contributed by atoms with van der Waals surface area (Å²) in [6, 6.07) is 14.9. The van der Waals surface area contributed by atoms with Crippen LogP contribution in [-0.4, -0.2) is 0 Å². The summed E-state index contributed by atoms with van der Waals surface area (Å²) >= 11 is 0. The monoisotopic (exact) mass is 311 g/mol. The maximum absolute atomic E-state index is 5.52. The lowest BCUT2D eigenvalue weighted by atomic mass is 9.97. The fourth-order valence-corrected chi connectivity index (χ4v) is 2.69. The molecule has 6 N–H and O–H groups in total. The third kappa shape index (κ3) is 2.55. The third-order valence-corrected chi connectivity index (χ3v) is 3.76. The van der Waals surface area contributed by atoms with E-state index in [9.17, 15) is 0 Å². The van der Waals surface area contributed by atoms with Crippen LogP contribution in [-0.2, 0) is 0 Å². The van der Waals surface area contributed by atoms with E-state index in [-0.39, 0.29) is 0 Å². The molecule has 23 heavy (non-hydrogen) atoms.